The fourth-order valence-electron chi connectivity index (χ4n) is 3.37. The van der Waals surface area contributed by atoms with Crippen LogP contribution in [-0.2, 0) is 0 Å². The van der Waals surface area contributed by atoms with Gasteiger partial charge in [0, 0.05) is 17.8 Å². The second-order valence-corrected chi connectivity index (χ2v) is 7.87. The van der Waals surface area contributed by atoms with E-state index in [1.54, 1.807) is 18.2 Å². The van der Waals surface area contributed by atoms with E-state index in [4.69, 9.17) is 20.5 Å². The van der Waals surface area contributed by atoms with Gasteiger partial charge in [-0.15, -0.1) is 0 Å². The number of primary amides is 1. The molecule has 3 rings (SSSR count). The van der Waals surface area contributed by atoms with Crippen LogP contribution in [0.3, 0.4) is 0 Å². The Kier molecular flexibility index (Phi) is 8.00. The van der Waals surface area contributed by atoms with Crippen molar-refractivity contribution in [1.29, 1.82) is 5.26 Å². The third kappa shape index (κ3) is 6.20. The Morgan fingerprint density at radius 3 is 2.74 bits per heavy atom. The number of nitrogens with zero attached hydrogens (tertiary/aromatic N) is 4. The third-order valence-corrected chi connectivity index (χ3v) is 5.32. The standard InChI is InChI=1S/C23H27N7O4/c1-14(11-24)13-34-22-17(20(25)31)12-26-23(29-22)28-18-5-4-15(10-19(18)33-3)21(32)27-16-6-8-30(2)9-7-16/h4-5,10,12,16H,1,6-9,13H2,2-3H3,(H2,25,31)(H,27,32)(H,26,28,29). The van der Waals surface area contributed by atoms with Gasteiger partial charge in [-0.1, -0.05) is 6.58 Å². The van der Waals surface area contributed by atoms with Crippen LogP contribution in [-0.4, -0.2) is 66.6 Å². The number of methoxy groups -OCH3 is 1. The van der Waals surface area contributed by atoms with Gasteiger partial charge in [-0.2, -0.15) is 10.2 Å². The molecule has 34 heavy (non-hydrogen) atoms. The molecule has 0 bridgehead atoms. The van der Waals surface area contributed by atoms with Crippen LogP contribution in [0.1, 0.15) is 33.6 Å². The number of piperidine rings is 1. The predicted molar refractivity (Wildman–Crippen MR) is 125 cm³/mol. The summed E-state index contributed by atoms with van der Waals surface area (Å²) in [4.78, 5) is 34.9. The number of rotatable bonds is 9. The SMILES string of the molecule is C=C(C#N)COc1nc(Nc2ccc(C(=O)NC3CCN(C)CC3)cc2OC)ncc1C(N)=O. The van der Waals surface area contributed by atoms with Gasteiger partial charge in [-0.25, -0.2) is 4.98 Å². The monoisotopic (exact) mass is 465 g/mol. The fourth-order valence-corrected chi connectivity index (χ4v) is 3.37. The molecule has 4 N–H and O–H groups in total. The highest BCUT2D eigenvalue weighted by Crippen LogP contribution is 2.29. The van der Waals surface area contributed by atoms with Gasteiger partial charge in [0.05, 0.1) is 24.4 Å². The van der Waals surface area contributed by atoms with Crippen molar-refractivity contribution in [2.24, 2.45) is 5.73 Å². The number of ether oxygens (including phenoxy) is 2. The Balaban J connectivity index is 1.76. The lowest BCUT2D eigenvalue weighted by molar-refractivity contribution is 0.0915. The van der Waals surface area contributed by atoms with Gasteiger partial charge in [0.15, 0.2) is 0 Å². The Hall–Kier alpha value is -4.17. The van der Waals surface area contributed by atoms with Crippen LogP contribution < -0.4 is 25.8 Å². The minimum Gasteiger partial charge on any atom is -0.495 e. The fraction of sp³-hybridized carbons (Fsp3) is 0.348. The molecule has 0 saturated carbocycles. The number of nitrogens with one attached hydrogen (secondary N) is 2. The van der Waals surface area contributed by atoms with E-state index in [-0.39, 0.29) is 41.5 Å². The predicted octanol–water partition coefficient (Wildman–Crippen LogP) is 1.61. The number of benzene rings is 1. The summed E-state index contributed by atoms with van der Waals surface area (Å²) in [6.07, 6.45) is 3.03. The van der Waals surface area contributed by atoms with Crippen LogP contribution in [0.2, 0.25) is 0 Å². The number of aromatic nitrogens is 2. The summed E-state index contributed by atoms with van der Waals surface area (Å²) in [7, 11) is 3.55. The number of carbonyl (C=O) groups is 2. The molecule has 0 aliphatic carbocycles. The van der Waals surface area contributed by atoms with Crippen molar-refractivity contribution < 1.29 is 19.1 Å². The molecule has 0 radical (unpaired) electrons. The first kappa shape index (κ1) is 24.5. The van der Waals surface area contributed by atoms with Gasteiger partial charge in [0.1, 0.15) is 17.9 Å². The van der Waals surface area contributed by atoms with Crippen LogP contribution in [0, 0.1) is 11.3 Å². The summed E-state index contributed by atoms with van der Waals surface area (Å²) >= 11 is 0. The van der Waals surface area contributed by atoms with Gasteiger partial charge in [-0.05, 0) is 51.2 Å². The van der Waals surface area contributed by atoms with E-state index in [0.717, 1.165) is 25.9 Å². The summed E-state index contributed by atoms with van der Waals surface area (Å²) in [6.45, 7) is 5.26. The van der Waals surface area contributed by atoms with E-state index in [1.165, 1.54) is 13.3 Å². The zero-order valence-electron chi connectivity index (χ0n) is 19.1. The lowest BCUT2D eigenvalue weighted by Crippen LogP contribution is -2.43. The smallest absolute Gasteiger partial charge is 0.255 e. The number of hydrogen-bond acceptors (Lipinski definition) is 9. The van der Waals surface area contributed by atoms with Gasteiger partial charge in [0.25, 0.3) is 11.8 Å². The van der Waals surface area contributed by atoms with E-state index < -0.39 is 5.91 Å². The molecule has 11 nitrogen and oxygen atoms in total. The van der Waals surface area contributed by atoms with Crippen LogP contribution in [0.15, 0.2) is 36.5 Å². The molecule has 1 aromatic heterocycles. The molecule has 0 atom stereocenters. The molecule has 1 aliphatic heterocycles. The highest BCUT2D eigenvalue weighted by Gasteiger charge is 2.20. The molecule has 11 heteroatoms. The Labute approximate surface area is 197 Å². The highest BCUT2D eigenvalue weighted by molar-refractivity contribution is 5.96. The number of anilines is 2. The molecule has 1 aliphatic rings. The lowest BCUT2D eigenvalue weighted by Gasteiger charge is -2.29. The Morgan fingerprint density at radius 1 is 1.35 bits per heavy atom. The number of likely N-dealkylation sites (tertiary alicyclic amines) is 1. The number of carbonyl (C=O) groups excluding carboxylic acids is 2. The van der Waals surface area contributed by atoms with Gasteiger partial charge >= 0.3 is 0 Å². The Morgan fingerprint density at radius 2 is 2.09 bits per heavy atom. The number of nitrogens with two attached hydrogens (primary N) is 1. The molecule has 1 fully saturated rings. The van der Waals surface area contributed by atoms with Crippen molar-refractivity contribution >= 4 is 23.5 Å². The van der Waals surface area contributed by atoms with Gasteiger partial charge in [0.2, 0.25) is 11.8 Å². The van der Waals surface area contributed by atoms with Crippen LogP contribution in [0.25, 0.3) is 0 Å². The minimum absolute atomic E-state index is 0.0378. The first-order chi connectivity index (χ1) is 16.3. The zero-order chi connectivity index (χ0) is 24.7. The first-order valence-corrected chi connectivity index (χ1v) is 10.6. The normalized spacial score (nSPS) is 14.0. The lowest BCUT2D eigenvalue weighted by atomic mass is 10.0. The summed E-state index contributed by atoms with van der Waals surface area (Å²) in [5.74, 6) is -0.533. The van der Waals surface area contributed by atoms with Crippen molar-refractivity contribution in [3.05, 3.63) is 47.7 Å². The molecule has 2 aromatic rings. The van der Waals surface area contributed by atoms with Crippen molar-refractivity contribution in [3.63, 3.8) is 0 Å². The average molecular weight is 466 g/mol. The zero-order valence-corrected chi connectivity index (χ0v) is 19.1. The molecule has 2 heterocycles. The molecule has 0 spiro atoms. The quantitative estimate of drug-likeness (QED) is 0.468. The minimum atomic E-state index is -0.776. The maximum Gasteiger partial charge on any atom is 0.255 e. The maximum absolute atomic E-state index is 12.7. The Bertz CT molecular complexity index is 1120. The number of nitriles is 1. The molecule has 1 saturated heterocycles. The summed E-state index contributed by atoms with van der Waals surface area (Å²) < 4.78 is 10.9. The van der Waals surface area contributed by atoms with Gasteiger partial charge < -0.3 is 30.7 Å². The van der Waals surface area contributed by atoms with E-state index >= 15 is 0 Å². The van der Waals surface area contributed by atoms with Crippen molar-refractivity contribution in [2.45, 2.75) is 18.9 Å². The van der Waals surface area contributed by atoms with E-state index in [0.29, 0.717) is 17.0 Å². The van der Waals surface area contributed by atoms with Crippen LogP contribution >= 0.6 is 0 Å². The van der Waals surface area contributed by atoms with Crippen LogP contribution in [0.5, 0.6) is 11.6 Å². The average Bonchev–Trinajstić information content (AvgIpc) is 2.84. The number of hydrogen-bond donors (Lipinski definition) is 3. The van der Waals surface area contributed by atoms with E-state index in [9.17, 15) is 9.59 Å². The molecular weight excluding hydrogens is 438 g/mol. The maximum atomic E-state index is 12.7. The van der Waals surface area contributed by atoms with Crippen LogP contribution in [0.4, 0.5) is 11.6 Å². The van der Waals surface area contributed by atoms with Gasteiger partial charge in [-0.3, -0.25) is 9.59 Å². The van der Waals surface area contributed by atoms with Crippen molar-refractivity contribution in [2.75, 3.05) is 39.2 Å². The molecule has 1 aromatic carbocycles. The van der Waals surface area contributed by atoms with Crippen molar-refractivity contribution in [3.8, 4) is 17.7 Å². The number of amides is 2. The molecular formula is C23H27N7O4. The second kappa shape index (κ2) is 11.1. The second-order valence-electron chi connectivity index (χ2n) is 7.87. The van der Waals surface area contributed by atoms with Crippen molar-refractivity contribution in [1.82, 2.24) is 20.2 Å². The third-order valence-electron chi connectivity index (χ3n) is 5.32. The van der Waals surface area contributed by atoms with E-state index in [2.05, 4.69) is 39.1 Å². The molecule has 178 valence electrons. The topological polar surface area (TPSA) is 155 Å². The molecule has 0 unspecified atom stereocenters. The first-order valence-electron chi connectivity index (χ1n) is 10.6. The van der Waals surface area contributed by atoms with E-state index in [1.807, 2.05) is 6.07 Å². The molecule has 2 amide bonds. The highest BCUT2D eigenvalue weighted by atomic mass is 16.5. The summed E-state index contributed by atoms with van der Waals surface area (Å²) in [5, 5.41) is 14.9. The summed E-state index contributed by atoms with van der Waals surface area (Å²) in [5.41, 5.74) is 6.43. The summed E-state index contributed by atoms with van der Waals surface area (Å²) in [6, 6.07) is 6.95. The largest absolute Gasteiger partial charge is 0.495 e.